The molecule has 0 unspecified atom stereocenters. The van der Waals surface area contributed by atoms with Crippen molar-refractivity contribution in [2.45, 2.75) is 13.2 Å². The molecule has 3 rings (SSSR count). The molecule has 0 N–H and O–H groups in total. The third-order valence-electron chi connectivity index (χ3n) is 3.37. The van der Waals surface area contributed by atoms with Gasteiger partial charge in [0.2, 0.25) is 18.0 Å². The van der Waals surface area contributed by atoms with Gasteiger partial charge < -0.3 is 4.74 Å². The zero-order chi connectivity index (χ0) is 18.1. The highest BCUT2D eigenvalue weighted by Gasteiger charge is 2.33. The number of hydrogen-bond donors (Lipinski definition) is 0. The number of nitro groups is 1. The second-order valence-electron chi connectivity index (χ2n) is 5.09. The largest absolute Gasteiger partial charge is 0.446 e. The van der Waals surface area contributed by atoms with Gasteiger partial charge in [0.25, 0.3) is 5.69 Å². The molecule has 0 radical (unpaired) electrons. The van der Waals surface area contributed by atoms with Crippen LogP contribution in [0.25, 0.3) is 0 Å². The number of ether oxygens (including phenoxy) is 1. The molecule has 25 heavy (non-hydrogen) atoms. The molecule has 0 saturated carbocycles. The summed E-state index contributed by atoms with van der Waals surface area (Å²) in [5.41, 5.74) is 0.927. The van der Waals surface area contributed by atoms with Crippen molar-refractivity contribution in [2.24, 2.45) is 5.10 Å². The van der Waals surface area contributed by atoms with Crippen molar-refractivity contribution < 1.29 is 14.5 Å². The van der Waals surface area contributed by atoms with E-state index in [1.165, 1.54) is 43.3 Å². The maximum atomic E-state index is 11.9. The van der Waals surface area contributed by atoms with E-state index in [9.17, 15) is 14.9 Å². The van der Waals surface area contributed by atoms with Crippen LogP contribution in [-0.2, 0) is 9.53 Å². The fraction of sp³-hybridized carbons (Fsp3) is 0.133. The number of non-ortho nitro benzene ring substituents is 1. The normalized spacial score (nSPS) is 16.4. The molecule has 2 aromatic rings. The minimum absolute atomic E-state index is 0.0649. The number of amides is 1. The van der Waals surface area contributed by atoms with Gasteiger partial charge in [0.1, 0.15) is 10.3 Å². The van der Waals surface area contributed by atoms with Crippen LogP contribution in [0, 0.1) is 10.1 Å². The molecule has 0 bridgehead atoms. The molecule has 0 saturated heterocycles. The Morgan fingerprint density at radius 3 is 2.36 bits per heavy atom. The predicted octanol–water partition coefficient (Wildman–Crippen LogP) is 3.54. The molecule has 0 aliphatic carbocycles. The molecule has 10 heteroatoms. The first kappa shape index (κ1) is 17.1. The van der Waals surface area contributed by atoms with Crippen LogP contribution in [0.2, 0.25) is 10.3 Å². The molecule has 1 amide bonds. The quantitative estimate of drug-likeness (QED) is 0.460. The molecule has 8 nitrogen and oxygen atoms in total. The molecular weight excluding hydrogens is 371 g/mol. The summed E-state index contributed by atoms with van der Waals surface area (Å²) in [7, 11) is 0. The summed E-state index contributed by atoms with van der Waals surface area (Å²) in [5, 5.41) is 16.4. The Hall–Kier alpha value is -2.71. The Morgan fingerprint density at radius 1 is 1.24 bits per heavy atom. The molecule has 1 aromatic carbocycles. The Balaban J connectivity index is 1.94. The van der Waals surface area contributed by atoms with Crippen LogP contribution in [-0.4, -0.2) is 26.7 Å². The van der Waals surface area contributed by atoms with E-state index in [0.717, 1.165) is 5.01 Å². The molecule has 2 heterocycles. The van der Waals surface area contributed by atoms with Crippen molar-refractivity contribution in [2.75, 3.05) is 0 Å². The number of nitrogens with zero attached hydrogens (tertiary/aromatic N) is 4. The van der Waals surface area contributed by atoms with Crippen LogP contribution in [0.15, 0.2) is 41.5 Å². The van der Waals surface area contributed by atoms with Gasteiger partial charge in [0, 0.05) is 30.2 Å². The lowest BCUT2D eigenvalue weighted by Crippen LogP contribution is -2.25. The first-order valence-corrected chi connectivity index (χ1v) is 7.73. The maximum absolute atomic E-state index is 11.9. The fourth-order valence-corrected chi connectivity index (χ4v) is 2.71. The van der Waals surface area contributed by atoms with Crippen molar-refractivity contribution in [1.82, 2.24) is 9.99 Å². The first-order valence-electron chi connectivity index (χ1n) is 6.98. The zero-order valence-corrected chi connectivity index (χ0v) is 14.2. The Labute approximate surface area is 151 Å². The molecule has 1 atom stereocenters. The van der Waals surface area contributed by atoms with E-state index in [4.69, 9.17) is 27.9 Å². The standard InChI is InChI=1S/C15H10Cl2N4O4/c1-8(22)20-15(9-2-4-11(5-3-9)21(23)24)25-14(19-20)10-6-12(16)18-13(17)7-10/h2-7,15H,1H3/t15-/m0/s1. The van der Waals surface area contributed by atoms with E-state index in [1.807, 2.05) is 0 Å². The number of hydrogen-bond acceptors (Lipinski definition) is 6. The highest BCUT2D eigenvalue weighted by atomic mass is 35.5. The Bertz CT molecular complexity index is 865. The predicted molar refractivity (Wildman–Crippen MR) is 90.2 cm³/mol. The van der Waals surface area contributed by atoms with E-state index < -0.39 is 11.2 Å². The Morgan fingerprint density at radius 2 is 1.84 bits per heavy atom. The third-order valence-corrected chi connectivity index (χ3v) is 3.75. The number of rotatable bonds is 3. The van der Waals surface area contributed by atoms with Crippen LogP contribution in [0.1, 0.15) is 24.3 Å². The number of carbonyl (C=O) groups excluding carboxylic acids is 1. The summed E-state index contributed by atoms with van der Waals surface area (Å²) in [6, 6.07) is 8.67. The third kappa shape index (κ3) is 3.54. The van der Waals surface area contributed by atoms with Gasteiger partial charge in [0.15, 0.2) is 0 Å². The van der Waals surface area contributed by atoms with Gasteiger partial charge in [-0.3, -0.25) is 14.9 Å². The van der Waals surface area contributed by atoms with Crippen LogP contribution < -0.4 is 0 Å². The SMILES string of the molecule is CC(=O)N1N=C(c2cc(Cl)nc(Cl)c2)O[C@H]1c1ccc([N+](=O)[O-])cc1. The van der Waals surface area contributed by atoms with Crippen LogP contribution >= 0.6 is 23.2 Å². The van der Waals surface area contributed by atoms with Gasteiger partial charge in [0.05, 0.1) is 4.92 Å². The second kappa shape index (κ2) is 6.66. The average molecular weight is 381 g/mol. The molecule has 128 valence electrons. The van der Waals surface area contributed by atoms with E-state index in [1.54, 1.807) is 0 Å². The van der Waals surface area contributed by atoms with Gasteiger partial charge in [-0.05, 0) is 24.3 Å². The summed E-state index contributed by atoms with van der Waals surface area (Å²) < 4.78 is 5.76. The van der Waals surface area contributed by atoms with Crippen molar-refractivity contribution in [3.8, 4) is 0 Å². The van der Waals surface area contributed by atoms with Gasteiger partial charge >= 0.3 is 0 Å². The average Bonchev–Trinajstić information content (AvgIpc) is 2.99. The summed E-state index contributed by atoms with van der Waals surface area (Å²) in [6.07, 6.45) is -0.848. The highest BCUT2D eigenvalue weighted by molar-refractivity contribution is 6.33. The number of nitro benzene ring substituents is 1. The molecule has 1 aliphatic rings. The summed E-state index contributed by atoms with van der Waals surface area (Å²) in [6.45, 7) is 1.33. The zero-order valence-electron chi connectivity index (χ0n) is 12.7. The molecular formula is C15H10Cl2N4O4. The molecule has 1 aromatic heterocycles. The van der Waals surface area contributed by atoms with Crippen molar-refractivity contribution in [3.63, 3.8) is 0 Å². The van der Waals surface area contributed by atoms with Gasteiger partial charge in [-0.1, -0.05) is 23.2 Å². The summed E-state index contributed by atoms with van der Waals surface area (Å²) >= 11 is 11.8. The fourth-order valence-electron chi connectivity index (χ4n) is 2.25. The number of carbonyl (C=O) groups is 1. The molecule has 0 fully saturated rings. The second-order valence-corrected chi connectivity index (χ2v) is 5.86. The number of halogens is 2. The number of pyridine rings is 1. The lowest BCUT2D eigenvalue weighted by Gasteiger charge is -2.19. The van der Waals surface area contributed by atoms with Gasteiger partial charge in [-0.15, -0.1) is 5.10 Å². The van der Waals surface area contributed by atoms with E-state index in [-0.39, 0.29) is 27.8 Å². The lowest BCUT2D eigenvalue weighted by molar-refractivity contribution is -0.384. The van der Waals surface area contributed by atoms with Gasteiger partial charge in [-0.2, -0.15) is 5.01 Å². The monoisotopic (exact) mass is 380 g/mol. The molecule has 1 aliphatic heterocycles. The smallest absolute Gasteiger partial charge is 0.269 e. The number of benzene rings is 1. The van der Waals surface area contributed by atoms with Crippen molar-refractivity contribution >= 4 is 40.7 Å². The minimum atomic E-state index is -0.848. The maximum Gasteiger partial charge on any atom is 0.269 e. The summed E-state index contributed by atoms with van der Waals surface area (Å²) in [5.74, 6) is -0.214. The number of aromatic nitrogens is 1. The van der Waals surface area contributed by atoms with Gasteiger partial charge in [-0.25, -0.2) is 4.98 Å². The summed E-state index contributed by atoms with van der Waals surface area (Å²) in [4.78, 5) is 26.0. The van der Waals surface area contributed by atoms with E-state index in [0.29, 0.717) is 11.1 Å². The first-order chi connectivity index (χ1) is 11.8. The highest BCUT2D eigenvalue weighted by Crippen LogP contribution is 2.32. The lowest BCUT2D eigenvalue weighted by atomic mass is 10.1. The minimum Gasteiger partial charge on any atom is -0.446 e. The van der Waals surface area contributed by atoms with Crippen LogP contribution in [0.3, 0.4) is 0 Å². The van der Waals surface area contributed by atoms with E-state index >= 15 is 0 Å². The van der Waals surface area contributed by atoms with E-state index in [2.05, 4.69) is 10.1 Å². The number of hydrazone groups is 1. The van der Waals surface area contributed by atoms with Crippen molar-refractivity contribution in [3.05, 3.63) is 67.9 Å². The Kier molecular flexibility index (Phi) is 4.56. The van der Waals surface area contributed by atoms with Crippen LogP contribution in [0.5, 0.6) is 0 Å². The topological polar surface area (TPSA) is 97.9 Å². The van der Waals surface area contributed by atoms with Crippen LogP contribution in [0.4, 0.5) is 5.69 Å². The molecule has 0 spiro atoms. The van der Waals surface area contributed by atoms with Crippen molar-refractivity contribution in [1.29, 1.82) is 0 Å².